The molecule has 0 aromatic heterocycles. The molecule has 3 heteroatoms. The molecule has 0 aliphatic heterocycles. The van der Waals surface area contributed by atoms with Crippen molar-refractivity contribution in [1.82, 2.24) is 0 Å². The molecule has 0 unspecified atom stereocenters. The third-order valence-electron chi connectivity index (χ3n) is 7.40. The fourth-order valence-corrected chi connectivity index (χ4v) is 10.4. The smallest absolute Gasteiger partial charge is 0.0353 e. The van der Waals surface area contributed by atoms with Gasteiger partial charge in [0.2, 0.25) is 0 Å². The van der Waals surface area contributed by atoms with Crippen LogP contribution in [0, 0.1) is 0 Å². The van der Waals surface area contributed by atoms with Gasteiger partial charge in [-0.05, 0) is 79.8 Å². The van der Waals surface area contributed by atoms with Crippen molar-refractivity contribution >= 4 is 21.5 Å². The largest absolute Gasteiger partial charge is 0.398 e. The van der Waals surface area contributed by atoms with Crippen LogP contribution in [-0.2, 0) is 12.3 Å². The summed E-state index contributed by atoms with van der Waals surface area (Å²) in [5.41, 5.74) is 11.0. The first-order valence-electron chi connectivity index (χ1n) is 15.5. The number of anilines is 1. The highest BCUT2D eigenvalue weighted by molar-refractivity contribution is 7.57. The highest BCUT2D eigenvalue weighted by Gasteiger charge is 2.17. The molecule has 0 bridgehead atoms. The van der Waals surface area contributed by atoms with Crippen LogP contribution in [-0.4, -0.2) is 24.6 Å². The second-order valence-electron chi connectivity index (χ2n) is 10.8. The zero-order valence-electron chi connectivity index (χ0n) is 24.3. The minimum atomic E-state index is 0.0678. The van der Waals surface area contributed by atoms with E-state index in [0.717, 1.165) is 5.69 Å². The minimum Gasteiger partial charge on any atom is -0.398 e. The fourth-order valence-electron chi connectivity index (χ4n) is 5.05. The van der Waals surface area contributed by atoms with Crippen molar-refractivity contribution in [1.29, 1.82) is 0 Å². The van der Waals surface area contributed by atoms with E-state index in [-0.39, 0.29) is 15.8 Å². The number of benzene rings is 1. The highest BCUT2D eigenvalue weighted by Crippen LogP contribution is 2.47. The predicted molar refractivity (Wildman–Crippen MR) is 168 cm³/mol. The van der Waals surface area contributed by atoms with Crippen LogP contribution in [0.4, 0.5) is 5.69 Å². The third kappa shape index (κ3) is 16.4. The van der Waals surface area contributed by atoms with E-state index in [0.29, 0.717) is 0 Å². The first kappa shape index (κ1) is 32.9. The molecule has 0 atom stereocenters. The summed E-state index contributed by atoms with van der Waals surface area (Å²) >= 11 is 0. The maximum Gasteiger partial charge on any atom is 0.0353 e. The number of nitrogens with two attached hydrogens (primary N) is 1. The molecule has 1 aromatic carbocycles. The zero-order valence-corrected chi connectivity index (χ0v) is 26.0. The second-order valence-corrected chi connectivity index (χ2v) is 15.9. The Bertz CT molecular complexity index is 579. The van der Waals surface area contributed by atoms with Crippen molar-refractivity contribution < 1.29 is 0 Å². The lowest BCUT2D eigenvalue weighted by Crippen LogP contribution is -2.04. The first-order chi connectivity index (χ1) is 17.2. The quantitative estimate of drug-likeness (QED) is 0.0817. The number of hydrogen-bond acceptors (Lipinski definition) is 1. The standard InChI is InChI=1S/C32H61NP2/c1-5-9-13-17-24-34(25-18-14-10-6-2)28-30-22-21-23-32(33)31(30)29-35(26-19-15-11-7-3)27-20-16-12-8-4/h21-23H,5-20,24-29,33H2,1-4H3. The van der Waals surface area contributed by atoms with Crippen LogP contribution in [0.3, 0.4) is 0 Å². The molecule has 204 valence electrons. The van der Waals surface area contributed by atoms with Crippen molar-refractivity contribution in [2.75, 3.05) is 30.4 Å². The molecule has 0 heterocycles. The van der Waals surface area contributed by atoms with Gasteiger partial charge in [0.25, 0.3) is 0 Å². The summed E-state index contributed by atoms with van der Waals surface area (Å²) in [5.74, 6) is 0. The summed E-state index contributed by atoms with van der Waals surface area (Å²) in [4.78, 5) is 0. The van der Waals surface area contributed by atoms with Crippen LogP contribution >= 0.6 is 15.8 Å². The van der Waals surface area contributed by atoms with Gasteiger partial charge >= 0.3 is 0 Å². The fraction of sp³-hybridized carbons (Fsp3) is 0.812. The van der Waals surface area contributed by atoms with E-state index in [1.807, 2.05) is 0 Å². The minimum absolute atomic E-state index is 0.0678. The van der Waals surface area contributed by atoms with Gasteiger partial charge in [0.05, 0.1) is 0 Å². The maximum atomic E-state index is 6.70. The van der Waals surface area contributed by atoms with Gasteiger partial charge < -0.3 is 5.73 Å². The van der Waals surface area contributed by atoms with E-state index < -0.39 is 0 Å². The molecule has 0 saturated carbocycles. The summed E-state index contributed by atoms with van der Waals surface area (Å²) in [6, 6.07) is 6.87. The van der Waals surface area contributed by atoms with Crippen LogP contribution in [0.1, 0.15) is 142 Å². The molecule has 0 fully saturated rings. The Morgan fingerprint density at radius 3 is 1.31 bits per heavy atom. The Labute approximate surface area is 223 Å². The van der Waals surface area contributed by atoms with Crippen LogP contribution in [0.2, 0.25) is 0 Å². The molecular weight excluding hydrogens is 460 g/mol. The molecule has 0 aliphatic carbocycles. The molecule has 0 radical (unpaired) electrons. The van der Waals surface area contributed by atoms with Crippen molar-refractivity contribution in [3.63, 3.8) is 0 Å². The normalized spacial score (nSPS) is 11.7. The van der Waals surface area contributed by atoms with Crippen molar-refractivity contribution in [2.24, 2.45) is 0 Å². The predicted octanol–water partition coefficient (Wildman–Crippen LogP) is 11.6. The van der Waals surface area contributed by atoms with Crippen LogP contribution in [0.15, 0.2) is 18.2 Å². The van der Waals surface area contributed by atoms with E-state index in [1.54, 1.807) is 11.1 Å². The SMILES string of the molecule is CCCCCCP(CCCCCC)Cc1cccc(N)c1CP(CCCCCC)CCCCCC. The number of rotatable bonds is 24. The molecule has 2 N–H and O–H groups in total. The van der Waals surface area contributed by atoms with E-state index in [4.69, 9.17) is 5.73 Å². The molecular formula is C32H61NP2. The topological polar surface area (TPSA) is 26.0 Å². The Balaban J connectivity index is 2.88. The number of nitrogen functional groups attached to an aromatic ring is 1. The van der Waals surface area contributed by atoms with Crippen LogP contribution in [0.5, 0.6) is 0 Å². The van der Waals surface area contributed by atoms with Crippen molar-refractivity contribution in [2.45, 2.75) is 143 Å². The summed E-state index contributed by atoms with van der Waals surface area (Å²) in [6.07, 6.45) is 30.8. The molecule has 0 spiro atoms. The van der Waals surface area contributed by atoms with Gasteiger partial charge in [0.15, 0.2) is 0 Å². The Morgan fingerprint density at radius 2 is 0.914 bits per heavy atom. The van der Waals surface area contributed by atoms with Crippen LogP contribution in [0.25, 0.3) is 0 Å². The van der Waals surface area contributed by atoms with Crippen LogP contribution < -0.4 is 5.73 Å². The number of unbranched alkanes of at least 4 members (excludes halogenated alkanes) is 12. The molecule has 0 saturated heterocycles. The van der Waals surface area contributed by atoms with Gasteiger partial charge in [-0.2, -0.15) is 0 Å². The average Bonchev–Trinajstić information content (AvgIpc) is 2.86. The lowest BCUT2D eigenvalue weighted by molar-refractivity contribution is 0.695. The van der Waals surface area contributed by atoms with Gasteiger partial charge in [0, 0.05) is 5.69 Å². The second kappa shape index (κ2) is 23.0. The van der Waals surface area contributed by atoms with Crippen molar-refractivity contribution in [3.8, 4) is 0 Å². The molecule has 1 nitrogen and oxygen atoms in total. The van der Waals surface area contributed by atoms with Gasteiger partial charge in [-0.25, -0.2) is 0 Å². The Morgan fingerprint density at radius 1 is 0.514 bits per heavy atom. The molecule has 1 aromatic rings. The van der Waals surface area contributed by atoms with E-state index in [1.165, 1.54) is 140 Å². The zero-order chi connectivity index (χ0) is 25.6. The molecule has 35 heavy (non-hydrogen) atoms. The lowest BCUT2D eigenvalue weighted by atomic mass is 10.1. The van der Waals surface area contributed by atoms with Crippen molar-refractivity contribution in [3.05, 3.63) is 29.3 Å². The molecule has 1 rings (SSSR count). The summed E-state index contributed by atoms with van der Waals surface area (Å²) < 4.78 is 0. The van der Waals surface area contributed by atoms with E-state index in [2.05, 4.69) is 45.9 Å². The van der Waals surface area contributed by atoms with E-state index >= 15 is 0 Å². The average molecular weight is 522 g/mol. The van der Waals surface area contributed by atoms with E-state index in [9.17, 15) is 0 Å². The Kier molecular flexibility index (Phi) is 21.7. The highest BCUT2D eigenvalue weighted by atomic mass is 31.1. The maximum absolute atomic E-state index is 6.70. The molecule has 0 aliphatic rings. The third-order valence-corrected chi connectivity index (χ3v) is 12.7. The summed E-state index contributed by atoms with van der Waals surface area (Å²) in [6.45, 7) is 9.31. The van der Waals surface area contributed by atoms with Gasteiger partial charge in [-0.1, -0.05) is 117 Å². The number of hydrogen-bond donors (Lipinski definition) is 1. The van der Waals surface area contributed by atoms with Gasteiger partial charge in [0.1, 0.15) is 0 Å². The summed E-state index contributed by atoms with van der Waals surface area (Å²) in [5, 5.41) is 0. The van der Waals surface area contributed by atoms with Gasteiger partial charge in [-0.15, -0.1) is 15.8 Å². The monoisotopic (exact) mass is 521 g/mol. The first-order valence-corrected chi connectivity index (χ1v) is 19.3. The Hall–Kier alpha value is -0.120. The summed E-state index contributed by atoms with van der Waals surface area (Å²) in [7, 11) is 0.164. The van der Waals surface area contributed by atoms with Gasteiger partial charge in [-0.3, -0.25) is 0 Å². The lowest BCUT2D eigenvalue weighted by Gasteiger charge is -2.24. The molecule has 0 amide bonds.